The van der Waals surface area contributed by atoms with Gasteiger partial charge in [0.2, 0.25) is 0 Å². The van der Waals surface area contributed by atoms with Crippen molar-refractivity contribution in [2.45, 2.75) is 19.8 Å². The Morgan fingerprint density at radius 2 is 1.52 bits per heavy atom. The third kappa shape index (κ3) is 4.08. The highest BCUT2D eigenvalue weighted by molar-refractivity contribution is 9.10. The fourth-order valence-electron chi connectivity index (χ4n) is 2.80. The first kappa shape index (κ1) is 19.2. The largest absolute Gasteiger partial charge is 0.322 e. The molecule has 1 N–H and O–H groups in total. The molecular formula is C22H18BrF2NO. The van der Waals surface area contributed by atoms with Gasteiger partial charge >= 0.3 is 0 Å². The molecule has 3 rings (SSSR count). The van der Waals surface area contributed by atoms with Gasteiger partial charge in [0, 0.05) is 26.9 Å². The molecule has 0 fully saturated rings. The normalized spacial score (nSPS) is 11.3. The van der Waals surface area contributed by atoms with E-state index >= 15 is 8.78 Å². The average Bonchev–Trinajstić information content (AvgIpc) is 2.64. The van der Waals surface area contributed by atoms with Crippen LogP contribution in [0.5, 0.6) is 0 Å². The summed E-state index contributed by atoms with van der Waals surface area (Å²) in [5.74, 6) is -3.86. The molecule has 27 heavy (non-hydrogen) atoms. The van der Waals surface area contributed by atoms with Crippen LogP contribution in [0.3, 0.4) is 0 Å². The number of halogens is 3. The summed E-state index contributed by atoms with van der Waals surface area (Å²) >= 11 is 3.26. The summed E-state index contributed by atoms with van der Waals surface area (Å²) in [5.41, 5.74) is 1.54. The summed E-state index contributed by atoms with van der Waals surface area (Å²) in [4.78, 5) is 12.8. The quantitative estimate of drug-likeness (QED) is 0.506. The summed E-state index contributed by atoms with van der Waals surface area (Å²) in [7, 11) is 0. The molecule has 0 unspecified atom stereocenters. The second kappa shape index (κ2) is 7.61. The van der Waals surface area contributed by atoms with E-state index in [9.17, 15) is 4.79 Å². The number of rotatable bonds is 4. The van der Waals surface area contributed by atoms with E-state index in [1.54, 1.807) is 50.2 Å². The Hall–Kier alpha value is -2.53. The van der Waals surface area contributed by atoms with Crippen LogP contribution in [0.4, 0.5) is 14.5 Å². The predicted octanol–water partition coefficient (Wildman–Crippen LogP) is 6.46. The lowest BCUT2D eigenvalue weighted by Crippen LogP contribution is -2.23. The summed E-state index contributed by atoms with van der Waals surface area (Å²) < 4.78 is 31.3. The molecule has 0 bridgehead atoms. The maximum absolute atomic E-state index is 15.3. The topological polar surface area (TPSA) is 29.1 Å². The van der Waals surface area contributed by atoms with Gasteiger partial charge in [-0.25, -0.2) is 0 Å². The highest BCUT2D eigenvalue weighted by Crippen LogP contribution is 2.39. The van der Waals surface area contributed by atoms with E-state index in [2.05, 4.69) is 21.2 Å². The summed E-state index contributed by atoms with van der Waals surface area (Å²) in [6.07, 6.45) is 0. The van der Waals surface area contributed by atoms with E-state index < -0.39 is 11.8 Å². The SMILES string of the molecule is Cc1cc(C(=O)Nc2ccccc2)c(C(F)(F)c2ccc(Br)cc2)cc1C. The zero-order valence-corrected chi connectivity index (χ0v) is 16.5. The standard InChI is InChI=1S/C22H18BrF2NO/c1-14-12-19(21(27)26-18-6-4-3-5-7-18)20(13-15(14)2)22(24,25)16-8-10-17(23)11-9-16/h3-13H,1-2H3,(H,26,27). The maximum Gasteiger partial charge on any atom is 0.299 e. The minimum absolute atomic E-state index is 0.0325. The number of hydrogen-bond acceptors (Lipinski definition) is 1. The molecule has 5 heteroatoms. The maximum atomic E-state index is 15.3. The fourth-order valence-corrected chi connectivity index (χ4v) is 3.06. The molecule has 1 amide bonds. The summed E-state index contributed by atoms with van der Waals surface area (Å²) in [5, 5.41) is 2.70. The summed E-state index contributed by atoms with van der Waals surface area (Å²) in [6, 6.07) is 17.6. The van der Waals surface area contributed by atoms with Gasteiger partial charge in [0.15, 0.2) is 0 Å². The monoisotopic (exact) mass is 429 g/mol. The lowest BCUT2D eigenvalue weighted by molar-refractivity contribution is 0.0414. The van der Waals surface area contributed by atoms with E-state index in [0.29, 0.717) is 15.7 Å². The van der Waals surface area contributed by atoms with E-state index in [0.717, 1.165) is 5.56 Å². The van der Waals surface area contributed by atoms with Crippen LogP contribution >= 0.6 is 15.9 Å². The zero-order valence-electron chi connectivity index (χ0n) is 14.9. The van der Waals surface area contributed by atoms with Crippen molar-refractivity contribution < 1.29 is 13.6 Å². The van der Waals surface area contributed by atoms with Crippen molar-refractivity contribution >= 4 is 27.5 Å². The van der Waals surface area contributed by atoms with Crippen LogP contribution in [0, 0.1) is 13.8 Å². The Kier molecular flexibility index (Phi) is 5.42. The van der Waals surface area contributed by atoms with E-state index in [4.69, 9.17) is 0 Å². The number of para-hydroxylation sites is 1. The van der Waals surface area contributed by atoms with E-state index in [-0.39, 0.29) is 16.7 Å². The molecule has 0 aliphatic carbocycles. The molecule has 0 radical (unpaired) electrons. The van der Waals surface area contributed by atoms with Crippen LogP contribution in [0.2, 0.25) is 0 Å². The number of aryl methyl sites for hydroxylation is 2. The van der Waals surface area contributed by atoms with Gasteiger partial charge in [-0.15, -0.1) is 0 Å². The molecule has 0 heterocycles. The van der Waals surface area contributed by atoms with Crippen LogP contribution in [0.1, 0.15) is 32.6 Å². The van der Waals surface area contributed by atoms with Crippen LogP contribution in [0.15, 0.2) is 71.2 Å². The molecule has 0 saturated heterocycles. The van der Waals surface area contributed by atoms with Gasteiger partial charge in [0.25, 0.3) is 11.8 Å². The van der Waals surface area contributed by atoms with Gasteiger partial charge in [0.05, 0.1) is 0 Å². The van der Waals surface area contributed by atoms with Gasteiger partial charge in [-0.1, -0.05) is 46.3 Å². The smallest absolute Gasteiger partial charge is 0.299 e. The molecule has 0 aromatic heterocycles. The van der Waals surface area contributed by atoms with Crippen molar-refractivity contribution in [2.75, 3.05) is 5.32 Å². The molecule has 2 nitrogen and oxygen atoms in total. The Morgan fingerprint density at radius 1 is 0.926 bits per heavy atom. The molecule has 0 aliphatic heterocycles. The molecule has 3 aromatic rings. The Morgan fingerprint density at radius 3 is 2.15 bits per heavy atom. The van der Waals surface area contributed by atoms with Crippen LogP contribution < -0.4 is 5.32 Å². The minimum atomic E-state index is -3.30. The van der Waals surface area contributed by atoms with Crippen molar-refractivity contribution in [1.82, 2.24) is 0 Å². The molecule has 0 spiro atoms. The number of carbonyl (C=O) groups is 1. The molecule has 0 atom stereocenters. The molecule has 0 aliphatic rings. The number of alkyl halides is 2. The number of hydrogen-bond donors (Lipinski definition) is 1. The zero-order chi connectivity index (χ0) is 19.6. The lowest BCUT2D eigenvalue weighted by Gasteiger charge is -2.22. The number of carbonyl (C=O) groups excluding carboxylic acids is 1. The van der Waals surface area contributed by atoms with Gasteiger partial charge in [-0.3, -0.25) is 4.79 Å². The van der Waals surface area contributed by atoms with Crippen molar-refractivity contribution in [2.24, 2.45) is 0 Å². The minimum Gasteiger partial charge on any atom is -0.322 e. The number of nitrogens with one attached hydrogen (secondary N) is 1. The van der Waals surface area contributed by atoms with Crippen molar-refractivity contribution in [1.29, 1.82) is 0 Å². The molecule has 0 saturated carbocycles. The van der Waals surface area contributed by atoms with E-state index in [1.807, 2.05) is 6.07 Å². The van der Waals surface area contributed by atoms with Gasteiger partial charge in [-0.2, -0.15) is 8.78 Å². The number of anilines is 1. The third-order valence-electron chi connectivity index (χ3n) is 4.46. The second-order valence-electron chi connectivity index (χ2n) is 6.38. The third-order valence-corrected chi connectivity index (χ3v) is 4.98. The highest BCUT2D eigenvalue weighted by Gasteiger charge is 2.38. The van der Waals surface area contributed by atoms with Crippen molar-refractivity contribution in [3.05, 3.63) is 99.0 Å². The van der Waals surface area contributed by atoms with Crippen LogP contribution in [0.25, 0.3) is 0 Å². The van der Waals surface area contributed by atoms with Crippen molar-refractivity contribution in [3.8, 4) is 0 Å². The Balaban J connectivity index is 2.08. The first-order valence-electron chi connectivity index (χ1n) is 8.41. The van der Waals surface area contributed by atoms with Crippen LogP contribution in [-0.4, -0.2) is 5.91 Å². The Bertz CT molecular complexity index is 970. The predicted molar refractivity (Wildman–Crippen MR) is 107 cm³/mol. The second-order valence-corrected chi connectivity index (χ2v) is 7.30. The van der Waals surface area contributed by atoms with Crippen LogP contribution in [-0.2, 0) is 5.92 Å². The number of amides is 1. The molecule has 3 aromatic carbocycles. The molecular weight excluding hydrogens is 412 g/mol. The highest BCUT2D eigenvalue weighted by atomic mass is 79.9. The first-order chi connectivity index (χ1) is 12.8. The average molecular weight is 430 g/mol. The lowest BCUT2D eigenvalue weighted by atomic mass is 9.91. The van der Waals surface area contributed by atoms with Gasteiger partial charge < -0.3 is 5.32 Å². The number of benzene rings is 3. The summed E-state index contributed by atoms with van der Waals surface area (Å²) in [6.45, 7) is 3.56. The first-order valence-corrected chi connectivity index (χ1v) is 9.20. The fraction of sp³-hybridized carbons (Fsp3) is 0.136. The Labute approximate surface area is 165 Å². The van der Waals surface area contributed by atoms with Crippen molar-refractivity contribution in [3.63, 3.8) is 0 Å². The van der Waals surface area contributed by atoms with Gasteiger partial charge in [-0.05, 0) is 61.4 Å². The molecule has 138 valence electrons. The van der Waals surface area contributed by atoms with E-state index in [1.165, 1.54) is 24.3 Å². The van der Waals surface area contributed by atoms with Gasteiger partial charge in [0.1, 0.15) is 0 Å².